The SMILES string of the molecule is COc1ccc(C(=O)Nc2ccc(C)c(OCc3cc(=O)n4cccc(C)c4n3)c2)cc1. The molecule has 162 valence electrons. The lowest BCUT2D eigenvalue weighted by molar-refractivity contribution is 0.102. The molecule has 4 rings (SSSR count). The van der Waals surface area contributed by atoms with Gasteiger partial charge in [-0.3, -0.25) is 14.0 Å². The van der Waals surface area contributed by atoms with Crippen molar-refractivity contribution in [3.8, 4) is 11.5 Å². The van der Waals surface area contributed by atoms with Crippen molar-refractivity contribution >= 4 is 17.2 Å². The van der Waals surface area contributed by atoms with E-state index in [0.29, 0.717) is 34.1 Å². The zero-order chi connectivity index (χ0) is 22.7. The lowest BCUT2D eigenvalue weighted by atomic mass is 10.1. The smallest absolute Gasteiger partial charge is 0.258 e. The number of aromatic nitrogens is 2. The van der Waals surface area contributed by atoms with Crippen LogP contribution in [-0.2, 0) is 6.61 Å². The van der Waals surface area contributed by atoms with Crippen molar-refractivity contribution in [2.75, 3.05) is 12.4 Å². The minimum atomic E-state index is -0.234. The standard InChI is InChI=1S/C25H23N3O4/c1-16-6-9-19(27-25(30)18-7-10-21(31-3)11-8-18)13-22(16)32-15-20-14-23(29)28-12-4-5-17(2)24(28)26-20/h4-14H,15H2,1-3H3,(H,27,30). The Hall–Kier alpha value is -4.13. The van der Waals surface area contributed by atoms with E-state index >= 15 is 0 Å². The number of hydrogen-bond acceptors (Lipinski definition) is 5. The highest BCUT2D eigenvalue weighted by Gasteiger charge is 2.10. The summed E-state index contributed by atoms with van der Waals surface area (Å²) in [4.78, 5) is 29.5. The van der Waals surface area contributed by atoms with Crippen LogP contribution in [-0.4, -0.2) is 22.4 Å². The molecule has 2 heterocycles. The average Bonchev–Trinajstić information content (AvgIpc) is 2.80. The largest absolute Gasteiger partial charge is 0.497 e. The normalized spacial score (nSPS) is 10.7. The van der Waals surface area contributed by atoms with Gasteiger partial charge in [0.1, 0.15) is 23.8 Å². The monoisotopic (exact) mass is 429 g/mol. The van der Waals surface area contributed by atoms with Crippen LogP contribution < -0.4 is 20.3 Å². The van der Waals surface area contributed by atoms with Crippen LogP contribution in [0, 0.1) is 13.8 Å². The number of fused-ring (bicyclic) bond motifs is 1. The first-order valence-electron chi connectivity index (χ1n) is 10.1. The summed E-state index contributed by atoms with van der Waals surface area (Å²) in [6.45, 7) is 3.96. The summed E-state index contributed by atoms with van der Waals surface area (Å²) < 4.78 is 12.6. The van der Waals surface area contributed by atoms with Gasteiger partial charge in [-0.15, -0.1) is 0 Å². The summed E-state index contributed by atoms with van der Waals surface area (Å²) in [5, 5.41) is 2.87. The van der Waals surface area contributed by atoms with Crippen LogP contribution >= 0.6 is 0 Å². The third kappa shape index (κ3) is 4.46. The zero-order valence-corrected chi connectivity index (χ0v) is 18.1. The second kappa shape index (κ2) is 8.93. The van der Waals surface area contributed by atoms with Crippen molar-refractivity contribution in [3.05, 3.63) is 99.6 Å². The molecule has 0 saturated carbocycles. The van der Waals surface area contributed by atoms with E-state index in [4.69, 9.17) is 9.47 Å². The fraction of sp³-hybridized carbons (Fsp3) is 0.160. The maximum atomic E-state index is 12.5. The number of carbonyl (C=O) groups excluding carboxylic acids is 1. The molecule has 7 nitrogen and oxygen atoms in total. The second-order valence-electron chi connectivity index (χ2n) is 7.42. The number of nitrogens with zero attached hydrogens (tertiary/aromatic N) is 2. The summed E-state index contributed by atoms with van der Waals surface area (Å²) in [5.74, 6) is 1.05. The number of hydrogen-bond donors (Lipinski definition) is 1. The molecule has 7 heteroatoms. The number of pyridine rings is 1. The Morgan fingerprint density at radius 3 is 2.56 bits per heavy atom. The van der Waals surface area contributed by atoms with Crippen LogP contribution in [0.1, 0.15) is 27.2 Å². The van der Waals surface area contributed by atoms with Gasteiger partial charge in [0.15, 0.2) is 0 Å². The van der Waals surface area contributed by atoms with Crippen molar-refractivity contribution in [2.24, 2.45) is 0 Å². The minimum Gasteiger partial charge on any atom is -0.497 e. The van der Waals surface area contributed by atoms with Gasteiger partial charge in [0.05, 0.1) is 12.8 Å². The zero-order valence-electron chi connectivity index (χ0n) is 18.1. The van der Waals surface area contributed by atoms with Gasteiger partial charge in [-0.1, -0.05) is 12.1 Å². The Bertz CT molecular complexity index is 1340. The molecule has 1 amide bonds. The molecule has 2 aromatic carbocycles. The average molecular weight is 429 g/mol. The molecule has 2 aromatic heterocycles. The van der Waals surface area contributed by atoms with Crippen molar-refractivity contribution < 1.29 is 14.3 Å². The lowest BCUT2D eigenvalue weighted by Crippen LogP contribution is -2.17. The summed E-state index contributed by atoms with van der Waals surface area (Å²) in [6, 6.07) is 17.5. The molecule has 0 unspecified atom stereocenters. The van der Waals surface area contributed by atoms with Gasteiger partial charge < -0.3 is 14.8 Å². The van der Waals surface area contributed by atoms with Crippen LogP contribution in [0.25, 0.3) is 5.65 Å². The first kappa shape index (κ1) is 21.1. The number of carbonyl (C=O) groups is 1. The molecular weight excluding hydrogens is 406 g/mol. The van der Waals surface area contributed by atoms with Crippen LogP contribution in [0.5, 0.6) is 11.5 Å². The maximum absolute atomic E-state index is 12.5. The van der Waals surface area contributed by atoms with Gasteiger partial charge in [0.2, 0.25) is 0 Å². The molecule has 32 heavy (non-hydrogen) atoms. The Kier molecular flexibility index (Phi) is 5.89. The van der Waals surface area contributed by atoms with Crippen LogP contribution in [0.4, 0.5) is 5.69 Å². The van der Waals surface area contributed by atoms with E-state index < -0.39 is 0 Å². The molecule has 4 aromatic rings. The van der Waals surface area contributed by atoms with E-state index in [1.54, 1.807) is 43.6 Å². The predicted molar refractivity (Wildman–Crippen MR) is 123 cm³/mol. The van der Waals surface area contributed by atoms with Crippen LogP contribution in [0.2, 0.25) is 0 Å². The van der Waals surface area contributed by atoms with E-state index in [0.717, 1.165) is 11.1 Å². The first-order valence-corrected chi connectivity index (χ1v) is 10.1. The molecule has 0 saturated heterocycles. The van der Waals surface area contributed by atoms with E-state index in [-0.39, 0.29) is 18.1 Å². The number of rotatable bonds is 6. The Morgan fingerprint density at radius 1 is 1.03 bits per heavy atom. The number of benzene rings is 2. The highest BCUT2D eigenvalue weighted by Crippen LogP contribution is 2.24. The topological polar surface area (TPSA) is 81.9 Å². The van der Waals surface area contributed by atoms with Gasteiger partial charge in [0, 0.05) is 29.6 Å². The number of methoxy groups -OCH3 is 1. The number of anilines is 1. The van der Waals surface area contributed by atoms with E-state index in [1.165, 1.54) is 10.5 Å². The molecule has 0 aliphatic heterocycles. The Labute approximate surface area is 185 Å². The van der Waals surface area contributed by atoms with E-state index in [9.17, 15) is 9.59 Å². The van der Waals surface area contributed by atoms with Gasteiger partial charge in [-0.2, -0.15) is 0 Å². The molecular formula is C25H23N3O4. The fourth-order valence-corrected chi connectivity index (χ4v) is 3.31. The Balaban J connectivity index is 1.50. The Morgan fingerprint density at radius 2 is 1.81 bits per heavy atom. The molecule has 0 fully saturated rings. The summed E-state index contributed by atoms with van der Waals surface area (Å²) in [5.41, 5.74) is 3.92. The number of ether oxygens (including phenoxy) is 2. The van der Waals surface area contributed by atoms with E-state index in [1.807, 2.05) is 38.1 Å². The maximum Gasteiger partial charge on any atom is 0.258 e. The second-order valence-corrected chi connectivity index (χ2v) is 7.42. The fourth-order valence-electron chi connectivity index (χ4n) is 3.31. The molecule has 0 radical (unpaired) electrons. The highest BCUT2D eigenvalue weighted by molar-refractivity contribution is 6.04. The molecule has 0 aliphatic carbocycles. The lowest BCUT2D eigenvalue weighted by Gasteiger charge is -2.12. The van der Waals surface area contributed by atoms with Gasteiger partial charge in [-0.25, -0.2) is 4.98 Å². The van der Waals surface area contributed by atoms with Crippen LogP contribution in [0.15, 0.2) is 71.7 Å². The van der Waals surface area contributed by atoms with Crippen LogP contribution in [0.3, 0.4) is 0 Å². The molecule has 0 bridgehead atoms. The minimum absolute atomic E-state index is 0.136. The van der Waals surface area contributed by atoms with Gasteiger partial charge in [-0.05, 0) is 61.4 Å². The van der Waals surface area contributed by atoms with Crippen molar-refractivity contribution in [1.82, 2.24) is 9.38 Å². The van der Waals surface area contributed by atoms with Crippen molar-refractivity contribution in [3.63, 3.8) is 0 Å². The number of aryl methyl sites for hydroxylation is 2. The molecule has 0 aliphatic rings. The van der Waals surface area contributed by atoms with Crippen molar-refractivity contribution in [2.45, 2.75) is 20.5 Å². The molecule has 0 spiro atoms. The summed E-state index contributed by atoms with van der Waals surface area (Å²) in [6.07, 6.45) is 1.70. The van der Waals surface area contributed by atoms with Crippen molar-refractivity contribution in [1.29, 1.82) is 0 Å². The summed E-state index contributed by atoms with van der Waals surface area (Å²) >= 11 is 0. The number of amides is 1. The third-order valence-electron chi connectivity index (χ3n) is 5.11. The van der Waals surface area contributed by atoms with Gasteiger partial charge >= 0.3 is 0 Å². The van der Waals surface area contributed by atoms with E-state index in [2.05, 4.69) is 10.3 Å². The van der Waals surface area contributed by atoms with Gasteiger partial charge in [0.25, 0.3) is 11.5 Å². The number of nitrogens with one attached hydrogen (secondary N) is 1. The third-order valence-corrected chi connectivity index (χ3v) is 5.11. The highest BCUT2D eigenvalue weighted by atomic mass is 16.5. The first-order chi connectivity index (χ1) is 15.4. The predicted octanol–water partition coefficient (Wildman–Crippen LogP) is 4.15. The molecule has 1 N–H and O–H groups in total. The molecule has 0 atom stereocenters. The quantitative estimate of drug-likeness (QED) is 0.498. The summed E-state index contributed by atoms with van der Waals surface area (Å²) in [7, 11) is 1.58.